The van der Waals surface area contributed by atoms with Crippen LogP contribution in [-0.4, -0.2) is 32.1 Å². The van der Waals surface area contributed by atoms with E-state index < -0.39 is 29.0 Å². The van der Waals surface area contributed by atoms with E-state index in [0.717, 1.165) is 16.7 Å². The van der Waals surface area contributed by atoms with Gasteiger partial charge in [-0.05, 0) is 34.4 Å². The molecule has 1 atom stereocenters. The Morgan fingerprint density at radius 1 is 0.780 bits per heavy atom. The molecular weight excluding hydrogens is 518 g/mol. The second-order valence-corrected chi connectivity index (χ2v) is 9.55. The third-order valence-electron chi connectivity index (χ3n) is 7.21. The Hall–Kier alpha value is -5.17. The molecule has 0 aliphatic rings. The van der Waals surface area contributed by atoms with E-state index in [1.54, 1.807) is 18.2 Å². The van der Waals surface area contributed by atoms with E-state index in [2.05, 4.69) is 5.32 Å². The second kappa shape index (κ2) is 11.9. The molecule has 0 unspecified atom stereocenters. The van der Waals surface area contributed by atoms with E-state index in [1.165, 1.54) is 20.3 Å². The Bertz CT molecular complexity index is 1620. The van der Waals surface area contributed by atoms with Crippen molar-refractivity contribution in [3.63, 3.8) is 0 Å². The van der Waals surface area contributed by atoms with Gasteiger partial charge in [0, 0.05) is 23.9 Å². The van der Waals surface area contributed by atoms with Crippen LogP contribution in [0.25, 0.3) is 11.0 Å². The number of hydrogen-bond acceptors (Lipinski definition) is 6. The third kappa shape index (κ3) is 5.34. The predicted molar refractivity (Wildman–Crippen MR) is 156 cm³/mol. The van der Waals surface area contributed by atoms with Crippen LogP contribution < -0.4 is 15.7 Å². The molecular formula is C34H29NO6. The van der Waals surface area contributed by atoms with Gasteiger partial charge in [-0.3, -0.25) is 4.79 Å². The number of rotatable bonds is 9. The average molecular weight is 548 g/mol. The summed E-state index contributed by atoms with van der Waals surface area (Å²) in [5, 5.41) is 3.61. The molecule has 5 aromatic rings. The van der Waals surface area contributed by atoms with E-state index >= 15 is 0 Å². The minimum Gasteiger partial charge on any atom is -0.497 e. The van der Waals surface area contributed by atoms with Crippen LogP contribution in [0.3, 0.4) is 0 Å². The van der Waals surface area contributed by atoms with Crippen molar-refractivity contribution in [3.8, 4) is 5.75 Å². The maximum atomic E-state index is 14.7. The molecule has 4 aromatic carbocycles. The zero-order valence-electron chi connectivity index (χ0n) is 22.7. The fraction of sp³-hybridized carbons (Fsp3) is 0.147. The Morgan fingerprint density at radius 2 is 1.32 bits per heavy atom. The summed E-state index contributed by atoms with van der Waals surface area (Å²) in [7, 11) is 2.78. The molecule has 7 nitrogen and oxygen atoms in total. The molecule has 0 bridgehead atoms. The molecule has 0 fully saturated rings. The van der Waals surface area contributed by atoms with Gasteiger partial charge in [-0.2, -0.15) is 0 Å². The smallest absolute Gasteiger partial charge is 0.336 e. The first-order valence-electron chi connectivity index (χ1n) is 13.1. The van der Waals surface area contributed by atoms with Crippen LogP contribution in [-0.2, 0) is 26.2 Å². The van der Waals surface area contributed by atoms with Crippen LogP contribution in [0, 0.1) is 0 Å². The van der Waals surface area contributed by atoms with Crippen molar-refractivity contribution in [2.75, 3.05) is 14.2 Å². The van der Waals surface area contributed by atoms with Gasteiger partial charge in [0.05, 0.1) is 14.2 Å². The number of carbonyl (C=O) groups excluding carboxylic acids is 2. The van der Waals surface area contributed by atoms with Crippen molar-refractivity contribution < 1.29 is 23.5 Å². The van der Waals surface area contributed by atoms with Crippen LogP contribution in [0.4, 0.5) is 0 Å². The monoisotopic (exact) mass is 547 g/mol. The van der Waals surface area contributed by atoms with Crippen molar-refractivity contribution in [1.29, 1.82) is 0 Å². The summed E-state index contributed by atoms with van der Waals surface area (Å²) < 4.78 is 15.8. The van der Waals surface area contributed by atoms with Gasteiger partial charge in [0.1, 0.15) is 22.8 Å². The normalized spacial score (nSPS) is 12.0. The van der Waals surface area contributed by atoms with Gasteiger partial charge < -0.3 is 19.2 Å². The van der Waals surface area contributed by atoms with Gasteiger partial charge in [0.15, 0.2) is 0 Å². The summed E-state index contributed by atoms with van der Waals surface area (Å²) in [6.07, 6.45) is 0.00128. The highest BCUT2D eigenvalue weighted by Gasteiger charge is 2.45. The van der Waals surface area contributed by atoms with Crippen molar-refractivity contribution in [2.24, 2.45) is 0 Å². The van der Waals surface area contributed by atoms with Crippen molar-refractivity contribution in [2.45, 2.75) is 17.9 Å². The van der Waals surface area contributed by atoms with Gasteiger partial charge in [-0.15, -0.1) is 0 Å². The number of hydrogen-bond donors (Lipinski definition) is 1. The number of nitrogens with one attached hydrogen (secondary N) is 1. The molecule has 0 saturated heterocycles. The van der Waals surface area contributed by atoms with Crippen molar-refractivity contribution in [3.05, 3.63) is 148 Å². The van der Waals surface area contributed by atoms with E-state index in [0.29, 0.717) is 22.3 Å². The first kappa shape index (κ1) is 27.4. The molecule has 206 valence electrons. The van der Waals surface area contributed by atoms with E-state index in [1.807, 2.05) is 91.0 Å². The second-order valence-electron chi connectivity index (χ2n) is 9.55. The predicted octanol–water partition coefficient (Wildman–Crippen LogP) is 5.04. The fourth-order valence-corrected chi connectivity index (χ4v) is 5.29. The zero-order chi connectivity index (χ0) is 28.8. The summed E-state index contributed by atoms with van der Waals surface area (Å²) in [6, 6.07) is 33.7. The molecule has 0 spiro atoms. The summed E-state index contributed by atoms with van der Waals surface area (Å²) in [6.45, 7) is 0. The number of amides is 1. The van der Waals surface area contributed by atoms with Gasteiger partial charge in [-0.25, -0.2) is 9.59 Å². The minimum atomic E-state index is -1.29. The molecule has 0 radical (unpaired) electrons. The van der Waals surface area contributed by atoms with Crippen LogP contribution in [0.2, 0.25) is 0 Å². The maximum absolute atomic E-state index is 14.7. The number of methoxy groups -OCH3 is 2. The highest BCUT2D eigenvalue weighted by Crippen LogP contribution is 2.39. The maximum Gasteiger partial charge on any atom is 0.336 e. The number of carbonyl (C=O) groups is 2. The first-order chi connectivity index (χ1) is 20.0. The Kier molecular flexibility index (Phi) is 7.97. The molecule has 0 aliphatic carbocycles. The Balaban J connectivity index is 1.64. The topological polar surface area (TPSA) is 94.8 Å². The van der Waals surface area contributed by atoms with E-state index in [9.17, 15) is 14.4 Å². The van der Waals surface area contributed by atoms with Gasteiger partial charge in [0.2, 0.25) is 5.91 Å². The Morgan fingerprint density at radius 3 is 1.80 bits per heavy atom. The quantitative estimate of drug-likeness (QED) is 0.158. The number of fused-ring (bicyclic) bond motifs is 1. The number of esters is 1. The summed E-state index contributed by atoms with van der Waals surface area (Å²) in [5.41, 5.74) is 1.17. The van der Waals surface area contributed by atoms with Crippen molar-refractivity contribution in [1.82, 2.24) is 5.32 Å². The molecule has 1 aromatic heterocycles. The van der Waals surface area contributed by atoms with Gasteiger partial charge in [0.25, 0.3) is 0 Å². The largest absolute Gasteiger partial charge is 0.497 e. The van der Waals surface area contributed by atoms with Crippen molar-refractivity contribution >= 4 is 22.8 Å². The zero-order valence-corrected chi connectivity index (χ0v) is 22.7. The lowest BCUT2D eigenvalue weighted by Crippen LogP contribution is -2.52. The molecule has 1 N–H and O–H groups in total. The average Bonchev–Trinajstić information content (AvgIpc) is 3.02. The van der Waals surface area contributed by atoms with Crippen LogP contribution in [0.1, 0.15) is 22.3 Å². The molecule has 41 heavy (non-hydrogen) atoms. The number of ether oxygens (including phenoxy) is 2. The Labute approximate surface area is 237 Å². The standard InChI is InChI=1S/C34H29NO6/c1-39-27-18-19-28-23(21-31(36)41-30(28)22-27)20-29(32(37)40-2)35-33(38)34(24-12-6-3-7-13-24,25-14-8-4-9-15-25)26-16-10-5-11-17-26/h3-19,21-22,29H,20H2,1-2H3,(H,35,38)/t29-/m1/s1. The molecule has 7 heteroatoms. The molecule has 0 saturated carbocycles. The minimum absolute atomic E-state index is 0.00128. The molecule has 1 amide bonds. The van der Waals surface area contributed by atoms with Crippen LogP contribution >= 0.6 is 0 Å². The molecule has 1 heterocycles. The molecule has 0 aliphatic heterocycles. The van der Waals surface area contributed by atoms with Gasteiger partial charge in [-0.1, -0.05) is 91.0 Å². The first-order valence-corrected chi connectivity index (χ1v) is 13.1. The van der Waals surface area contributed by atoms with E-state index in [4.69, 9.17) is 13.9 Å². The van der Waals surface area contributed by atoms with Gasteiger partial charge >= 0.3 is 11.6 Å². The summed E-state index contributed by atoms with van der Waals surface area (Å²) >= 11 is 0. The van der Waals surface area contributed by atoms with Crippen LogP contribution in [0.5, 0.6) is 5.75 Å². The fourth-order valence-electron chi connectivity index (χ4n) is 5.29. The van der Waals surface area contributed by atoms with Crippen LogP contribution in [0.15, 0.2) is 124 Å². The highest BCUT2D eigenvalue weighted by atomic mass is 16.5. The highest BCUT2D eigenvalue weighted by molar-refractivity contribution is 5.98. The lowest BCUT2D eigenvalue weighted by atomic mass is 9.68. The SMILES string of the molecule is COC(=O)[C@@H](Cc1cc(=O)oc2cc(OC)ccc12)NC(=O)C(c1ccccc1)(c1ccccc1)c1ccccc1. The summed E-state index contributed by atoms with van der Waals surface area (Å²) in [4.78, 5) is 40.3. The van der Waals surface area contributed by atoms with E-state index in [-0.39, 0.29) is 6.42 Å². The molecule has 5 rings (SSSR count). The lowest BCUT2D eigenvalue weighted by Gasteiger charge is -2.35. The number of benzene rings is 4. The lowest BCUT2D eigenvalue weighted by molar-refractivity contribution is -0.145. The third-order valence-corrected chi connectivity index (χ3v) is 7.21. The summed E-state index contributed by atoms with van der Waals surface area (Å²) in [5.74, 6) is -0.532.